The highest BCUT2D eigenvalue weighted by Gasteiger charge is 2.44. The number of hydrogen-bond acceptors (Lipinski definition) is 3. The Labute approximate surface area is 146 Å². The van der Waals surface area contributed by atoms with E-state index >= 15 is 0 Å². The molecule has 0 aliphatic carbocycles. The predicted molar refractivity (Wildman–Crippen MR) is 90.6 cm³/mol. The van der Waals surface area contributed by atoms with Gasteiger partial charge in [0.1, 0.15) is 11.6 Å². The lowest BCUT2D eigenvalue weighted by atomic mass is 9.95. The highest BCUT2D eigenvalue weighted by atomic mass is 79.9. The molecular weight excluding hydrogens is 377 g/mol. The van der Waals surface area contributed by atoms with Crippen LogP contribution in [0.15, 0.2) is 58.6 Å². The summed E-state index contributed by atoms with van der Waals surface area (Å²) in [5.74, 6) is -2.13. The van der Waals surface area contributed by atoms with Gasteiger partial charge in [-0.05, 0) is 29.8 Å². The molecule has 0 aromatic heterocycles. The Morgan fingerprint density at radius 1 is 1.08 bits per heavy atom. The molecule has 122 valence electrons. The average molecular weight is 390 g/mol. The van der Waals surface area contributed by atoms with E-state index in [-0.39, 0.29) is 11.3 Å². The summed E-state index contributed by atoms with van der Waals surface area (Å²) in [7, 11) is 1.48. The summed E-state index contributed by atoms with van der Waals surface area (Å²) < 4.78 is 14.0. The predicted octanol–water partition coefficient (Wildman–Crippen LogP) is 3.64. The van der Waals surface area contributed by atoms with Gasteiger partial charge in [0.15, 0.2) is 0 Å². The first-order chi connectivity index (χ1) is 11.4. The zero-order chi connectivity index (χ0) is 17.4. The Hall–Kier alpha value is -2.47. The minimum absolute atomic E-state index is 0.00330. The number of nitrogens with zero attached hydrogens (tertiary/aromatic N) is 1. The van der Waals surface area contributed by atoms with Gasteiger partial charge < -0.3 is 10.0 Å². The zero-order valence-electron chi connectivity index (χ0n) is 12.7. The van der Waals surface area contributed by atoms with E-state index in [1.165, 1.54) is 36.2 Å². The van der Waals surface area contributed by atoms with Crippen LogP contribution in [0.2, 0.25) is 0 Å². The summed E-state index contributed by atoms with van der Waals surface area (Å²) >= 11 is 3.30. The highest BCUT2D eigenvalue weighted by Crippen LogP contribution is 2.38. The van der Waals surface area contributed by atoms with Crippen LogP contribution < -0.4 is 0 Å². The molecule has 0 unspecified atom stereocenters. The Bertz CT molecular complexity index is 844. The SMILES string of the molecule is CN1C(=O)C(=O)C(=C(O)c2ccc(Br)cc2)[C@H]1c1ccc(F)cc1. The van der Waals surface area contributed by atoms with Gasteiger partial charge >= 0.3 is 0 Å². The van der Waals surface area contributed by atoms with Crippen LogP contribution in [0.5, 0.6) is 0 Å². The first kappa shape index (κ1) is 16.4. The van der Waals surface area contributed by atoms with Crippen molar-refractivity contribution in [3.8, 4) is 0 Å². The summed E-state index contributed by atoms with van der Waals surface area (Å²) in [6.45, 7) is 0. The molecule has 1 aliphatic heterocycles. The standard InChI is InChI=1S/C18H13BrFNO3/c1-21-15(10-4-8-13(20)9-5-10)14(17(23)18(21)24)16(22)11-2-6-12(19)7-3-11/h2-9,15,22H,1H3/t15-/m1/s1. The lowest BCUT2D eigenvalue weighted by Crippen LogP contribution is -2.24. The Balaban J connectivity index is 2.16. The third-order valence-electron chi connectivity index (χ3n) is 3.98. The number of carbonyl (C=O) groups excluding carboxylic acids is 2. The average Bonchev–Trinajstić information content (AvgIpc) is 2.80. The second-order valence-electron chi connectivity index (χ2n) is 5.47. The molecular formula is C18H13BrFNO3. The maximum absolute atomic E-state index is 13.2. The molecule has 2 aromatic carbocycles. The first-order valence-corrected chi connectivity index (χ1v) is 7.95. The third-order valence-corrected chi connectivity index (χ3v) is 4.51. The fourth-order valence-electron chi connectivity index (χ4n) is 2.75. The number of carbonyl (C=O) groups is 2. The van der Waals surface area contributed by atoms with Crippen molar-refractivity contribution < 1.29 is 19.1 Å². The maximum Gasteiger partial charge on any atom is 0.295 e. The van der Waals surface area contributed by atoms with Gasteiger partial charge in [0.05, 0.1) is 11.6 Å². The number of likely N-dealkylation sites (tertiary alicyclic amines) is 1. The monoisotopic (exact) mass is 389 g/mol. The van der Waals surface area contributed by atoms with Gasteiger partial charge in [-0.2, -0.15) is 0 Å². The smallest absolute Gasteiger partial charge is 0.295 e. The molecule has 24 heavy (non-hydrogen) atoms. The second kappa shape index (κ2) is 6.20. The normalized spacial score (nSPS) is 19.8. The van der Waals surface area contributed by atoms with Crippen molar-refractivity contribution >= 4 is 33.4 Å². The summed E-state index contributed by atoms with van der Waals surface area (Å²) in [6.07, 6.45) is 0. The van der Waals surface area contributed by atoms with Crippen molar-refractivity contribution in [2.45, 2.75) is 6.04 Å². The van der Waals surface area contributed by atoms with Crippen molar-refractivity contribution in [3.05, 3.63) is 75.5 Å². The minimum atomic E-state index is -0.757. The number of ketones is 1. The van der Waals surface area contributed by atoms with Crippen molar-refractivity contribution in [2.75, 3.05) is 7.05 Å². The van der Waals surface area contributed by atoms with E-state index in [0.717, 1.165) is 4.47 Å². The van der Waals surface area contributed by atoms with Gasteiger partial charge in [0.25, 0.3) is 11.7 Å². The number of likely N-dealkylation sites (N-methyl/N-ethyl adjacent to an activating group) is 1. The van der Waals surface area contributed by atoms with Crippen LogP contribution in [-0.4, -0.2) is 28.7 Å². The fraction of sp³-hybridized carbons (Fsp3) is 0.111. The molecule has 1 fully saturated rings. The quantitative estimate of drug-likeness (QED) is 0.484. The van der Waals surface area contributed by atoms with Crippen LogP contribution in [0.1, 0.15) is 17.2 Å². The number of halogens is 2. The summed E-state index contributed by atoms with van der Waals surface area (Å²) in [5, 5.41) is 10.6. The van der Waals surface area contributed by atoms with Gasteiger partial charge in [-0.25, -0.2) is 4.39 Å². The number of benzene rings is 2. The van der Waals surface area contributed by atoms with E-state index in [1.54, 1.807) is 24.3 Å². The van der Waals surface area contributed by atoms with E-state index in [0.29, 0.717) is 11.1 Å². The molecule has 1 aliphatic rings. The Morgan fingerprint density at radius 2 is 1.67 bits per heavy atom. The van der Waals surface area contributed by atoms with Gasteiger partial charge in [-0.1, -0.05) is 40.2 Å². The minimum Gasteiger partial charge on any atom is -0.507 e. The van der Waals surface area contributed by atoms with Gasteiger partial charge in [0.2, 0.25) is 0 Å². The van der Waals surface area contributed by atoms with Crippen molar-refractivity contribution in [1.82, 2.24) is 4.90 Å². The van der Waals surface area contributed by atoms with Crippen LogP contribution in [-0.2, 0) is 9.59 Å². The number of Topliss-reactive ketones (excluding diaryl/α,β-unsaturated/α-hetero) is 1. The molecule has 1 heterocycles. The molecule has 1 atom stereocenters. The van der Waals surface area contributed by atoms with Gasteiger partial charge in [0, 0.05) is 17.1 Å². The largest absolute Gasteiger partial charge is 0.507 e. The Morgan fingerprint density at radius 3 is 2.25 bits per heavy atom. The molecule has 6 heteroatoms. The van der Waals surface area contributed by atoms with Crippen molar-refractivity contribution in [2.24, 2.45) is 0 Å². The molecule has 1 saturated heterocycles. The number of amides is 1. The topological polar surface area (TPSA) is 57.6 Å². The number of hydrogen-bond donors (Lipinski definition) is 1. The molecule has 3 rings (SSSR count). The number of aliphatic hydroxyl groups excluding tert-OH is 1. The third kappa shape index (κ3) is 2.73. The van der Waals surface area contributed by atoms with E-state index in [1.807, 2.05) is 0 Å². The molecule has 4 nitrogen and oxygen atoms in total. The van der Waals surface area contributed by atoms with Crippen LogP contribution in [0.25, 0.3) is 5.76 Å². The van der Waals surface area contributed by atoms with Gasteiger partial charge in [-0.15, -0.1) is 0 Å². The number of rotatable bonds is 2. The summed E-state index contributed by atoms with van der Waals surface area (Å²) in [4.78, 5) is 25.7. The summed E-state index contributed by atoms with van der Waals surface area (Å²) in [6, 6.07) is 11.5. The van der Waals surface area contributed by atoms with Crippen LogP contribution >= 0.6 is 15.9 Å². The molecule has 0 bridgehead atoms. The van der Waals surface area contributed by atoms with Crippen molar-refractivity contribution in [3.63, 3.8) is 0 Å². The molecule has 1 N–H and O–H groups in total. The molecule has 0 radical (unpaired) electrons. The van der Waals surface area contributed by atoms with E-state index in [9.17, 15) is 19.1 Å². The van der Waals surface area contributed by atoms with Crippen LogP contribution in [0.3, 0.4) is 0 Å². The molecule has 0 saturated carbocycles. The lowest BCUT2D eigenvalue weighted by Gasteiger charge is -2.21. The molecule has 1 amide bonds. The van der Waals surface area contributed by atoms with Crippen LogP contribution in [0.4, 0.5) is 4.39 Å². The van der Waals surface area contributed by atoms with E-state index in [4.69, 9.17) is 0 Å². The Kier molecular flexibility index (Phi) is 4.24. The number of aliphatic hydroxyl groups is 1. The second-order valence-corrected chi connectivity index (χ2v) is 6.38. The van der Waals surface area contributed by atoms with E-state index in [2.05, 4.69) is 15.9 Å². The van der Waals surface area contributed by atoms with E-state index < -0.39 is 23.5 Å². The molecule has 0 spiro atoms. The van der Waals surface area contributed by atoms with Crippen LogP contribution in [0, 0.1) is 5.82 Å². The fourth-order valence-corrected chi connectivity index (χ4v) is 3.01. The zero-order valence-corrected chi connectivity index (χ0v) is 14.2. The first-order valence-electron chi connectivity index (χ1n) is 7.16. The summed E-state index contributed by atoms with van der Waals surface area (Å²) in [5.41, 5.74) is 0.977. The van der Waals surface area contributed by atoms with Gasteiger partial charge in [-0.3, -0.25) is 9.59 Å². The lowest BCUT2D eigenvalue weighted by molar-refractivity contribution is -0.139. The molecule has 2 aromatic rings. The maximum atomic E-state index is 13.2. The highest BCUT2D eigenvalue weighted by molar-refractivity contribution is 9.10. The van der Waals surface area contributed by atoms with Crippen molar-refractivity contribution in [1.29, 1.82) is 0 Å².